The van der Waals surface area contributed by atoms with Crippen molar-refractivity contribution in [2.24, 2.45) is 0 Å². The summed E-state index contributed by atoms with van der Waals surface area (Å²) < 4.78 is 6.01. The van der Waals surface area contributed by atoms with Crippen molar-refractivity contribution in [3.8, 4) is 11.6 Å². The summed E-state index contributed by atoms with van der Waals surface area (Å²) in [5, 5.41) is 1.66. The van der Waals surface area contributed by atoms with Crippen molar-refractivity contribution in [2.45, 2.75) is 26.2 Å². The Balaban J connectivity index is 1.90. The molecule has 1 aliphatic carbocycles. The first-order valence-electron chi connectivity index (χ1n) is 6.93. The zero-order chi connectivity index (χ0) is 14.4. The Hall–Kier alpha value is -1.65. The van der Waals surface area contributed by atoms with Gasteiger partial charge in [-0.05, 0) is 43.9 Å². The molecule has 2 aromatic heterocycles. The Bertz CT molecular complexity index is 844. The summed E-state index contributed by atoms with van der Waals surface area (Å²) in [6.45, 7) is 1.89. The van der Waals surface area contributed by atoms with Crippen LogP contribution in [0.5, 0.6) is 11.6 Å². The molecule has 0 radical (unpaired) electrons. The number of aromatic nitrogens is 2. The molecule has 4 rings (SSSR count). The highest BCUT2D eigenvalue weighted by Crippen LogP contribution is 2.42. The van der Waals surface area contributed by atoms with Crippen LogP contribution < -0.4 is 4.74 Å². The van der Waals surface area contributed by atoms with Gasteiger partial charge in [0.05, 0.1) is 10.4 Å². The van der Waals surface area contributed by atoms with Gasteiger partial charge in [-0.25, -0.2) is 4.98 Å². The quantitative estimate of drug-likeness (QED) is 0.672. The summed E-state index contributed by atoms with van der Waals surface area (Å²) >= 11 is 7.96. The molecule has 0 N–H and O–H groups in total. The van der Waals surface area contributed by atoms with Crippen LogP contribution in [0.15, 0.2) is 24.3 Å². The average molecular weight is 317 g/mol. The zero-order valence-electron chi connectivity index (χ0n) is 11.5. The van der Waals surface area contributed by atoms with Crippen LogP contribution >= 0.6 is 22.9 Å². The third-order valence-electron chi connectivity index (χ3n) is 3.69. The molecule has 0 unspecified atom stereocenters. The van der Waals surface area contributed by atoms with Gasteiger partial charge in [-0.2, -0.15) is 4.98 Å². The predicted molar refractivity (Wildman–Crippen MR) is 85.7 cm³/mol. The molecule has 1 aliphatic rings. The Kier molecular flexibility index (Phi) is 3.08. The maximum Gasteiger partial charge on any atom is 0.231 e. The second-order valence-corrected chi connectivity index (χ2v) is 6.64. The molecule has 0 spiro atoms. The van der Waals surface area contributed by atoms with Gasteiger partial charge in [0.2, 0.25) is 5.88 Å². The zero-order valence-corrected chi connectivity index (χ0v) is 13.1. The molecule has 0 aliphatic heterocycles. The lowest BCUT2D eigenvalue weighted by molar-refractivity contribution is 0.467. The van der Waals surface area contributed by atoms with Crippen molar-refractivity contribution < 1.29 is 4.74 Å². The molecule has 0 bridgehead atoms. The second-order valence-electron chi connectivity index (χ2n) is 5.15. The van der Waals surface area contributed by atoms with Crippen LogP contribution in [0, 0.1) is 6.92 Å². The Labute approximate surface area is 131 Å². The SMILES string of the molecule is Cc1nc(Oc2ccccc2Cl)c2c3c(sc2n1)CCC3. The number of para-hydroxylation sites is 1. The van der Waals surface area contributed by atoms with Crippen LogP contribution in [0.2, 0.25) is 5.02 Å². The summed E-state index contributed by atoms with van der Waals surface area (Å²) in [6, 6.07) is 7.47. The number of ether oxygens (including phenoxy) is 1. The molecule has 0 fully saturated rings. The van der Waals surface area contributed by atoms with Crippen LogP contribution in [0.3, 0.4) is 0 Å². The predicted octanol–water partition coefficient (Wildman–Crippen LogP) is 4.93. The number of hydrogen-bond donors (Lipinski definition) is 0. The van der Waals surface area contributed by atoms with E-state index >= 15 is 0 Å². The number of hydrogen-bond acceptors (Lipinski definition) is 4. The van der Waals surface area contributed by atoms with Crippen molar-refractivity contribution in [1.82, 2.24) is 9.97 Å². The van der Waals surface area contributed by atoms with Gasteiger partial charge in [0.25, 0.3) is 0 Å². The average Bonchev–Trinajstić information content (AvgIpc) is 3.01. The van der Waals surface area contributed by atoms with E-state index < -0.39 is 0 Å². The molecule has 21 heavy (non-hydrogen) atoms. The fraction of sp³-hybridized carbons (Fsp3) is 0.250. The number of fused-ring (bicyclic) bond motifs is 3. The van der Waals surface area contributed by atoms with Crippen LogP contribution in [0.4, 0.5) is 0 Å². The highest BCUT2D eigenvalue weighted by atomic mass is 35.5. The molecule has 1 aromatic carbocycles. The largest absolute Gasteiger partial charge is 0.437 e. The van der Waals surface area contributed by atoms with Gasteiger partial charge in [0.15, 0.2) is 0 Å². The second kappa shape index (κ2) is 4.97. The van der Waals surface area contributed by atoms with E-state index in [1.807, 2.05) is 31.2 Å². The molecule has 106 valence electrons. The van der Waals surface area contributed by atoms with Gasteiger partial charge < -0.3 is 4.74 Å². The number of rotatable bonds is 2. The molecule has 2 heterocycles. The standard InChI is InChI=1S/C16H13ClN2OS/c1-9-18-15(20-12-7-3-2-6-11(12)17)14-10-5-4-8-13(10)21-16(14)19-9/h2-3,6-7H,4-5,8H2,1H3. The minimum absolute atomic E-state index is 0.591. The lowest BCUT2D eigenvalue weighted by Gasteiger charge is -2.09. The van der Waals surface area contributed by atoms with Crippen molar-refractivity contribution in [1.29, 1.82) is 0 Å². The molecule has 0 atom stereocenters. The van der Waals surface area contributed by atoms with E-state index in [-0.39, 0.29) is 0 Å². The van der Waals surface area contributed by atoms with Gasteiger partial charge in [-0.3, -0.25) is 0 Å². The summed E-state index contributed by atoms with van der Waals surface area (Å²) in [4.78, 5) is 11.5. The minimum atomic E-state index is 0.591. The van der Waals surface area contributed by atoms with Crippen molar-refractivity contribution in [3.63, 3.8) is 0 Å². The lowest BCUT2D eigenvalue weighted by atomic mass is 10.2. The van der Waals surface area contributed by atoms with Gasteiger partial charge in [-0.1, -0.05) is 23.7 Å². The van der Waals surface area contributed by atoms with Gasteiger partial charge >= 0.3 is 0 Å². The smallest absolute Gasteiger partial charge is 0.231 e. The van der Waals surface area contributed by atoms with E-state index in [1.165, 1.54) is 16.9 Å². The molecular formula is C16H13ClN2OS. The first-order chi connectivity index (χ1) is 10.2. The van der Waals surface area contributed by atoms with E-state index in [1.54, 1.807) is 11.3 Å². The molecule has 3 aromatic rings. The van der Waals surface area contributed by atoms with Gasteiger partial charge in [0, 0.05) is 4.88 Å². The van der Waals surface area contributed by atoms with E-state index in [2.05, 4.69) is 9.97 Å². The Morgan fingerprint density at radius 3 is 2.90 bits per heavy atom. The van der Waals surface area contributed by atoms with Crippen LogP contribution in [-0.2, 0) is 12.8 Å². The normalized spacial score (nSPS) is 13.6. The maximum absolute atomic E-state index is 6.19. The highest BCUT2D eigenvalue weighted by Gasteiger charge is 2.23. The Morgan fingerprint density at radius 1 is 1.19 bits per heavy atom. The Morgan fingerprint density at radius 2 is 2.05 bits per heavy atom. The minimum Gasteiger partial charge on any atom is -0.437 e. The fourth-order valence-electron chi connectivity index (χ4n) is 2.77. The molecule has 0 saturated carbocycles. The van der Waals surface area contributed by atoms with Gasteiger partial charge in [0.1, 0.15) is 16.4 Å². The van der Waals surface area contributed by atoms with Crippen LogP contribution in [0.25, 0.3) is 10.2 Å². The molecule has 0 saturated heterocycles. The highest BCUT2D eigenvalue weighted by molar-refractivity contribution is 7.19. The topological polar surface area (TPSA) is 35.0 Å². The lowest BCUT2D eigenvalue weighted by Crippen LogP contribution is -1.95. The fourth-order valence-corrected chi connectivity index (χ4v) is 4.24. The number of halogens is 1. The monoisotopic (exact) mass is 316 g/mol. The van der Waals surface area contributed by atoms with E-state index in [0.717, 1.165) is 28.9 Å². The molecular weight excluding hydrogens is 304 g/mol. The molecule has 5 heteroatoms. The maximum atomic E-state index is 6.19. The van der Waals surface area contributed by atoms with Crippen LogP contribution in [-0.4, -0.2) is 9.97 Å². The number of benzene rings is 1. The van der Waals surface area contributed by atoms with Crippen molar-refractivity contribution in [2.75, 3.05) is 0 Å². The van der Waals surface area contributed by atoms with Gasteiger partial charge in [-0.15, -0.1) is 11.3 Å². The number of nitrogens with zero attached hydrogens (tertiary/aromatic N) is 2. The van der Waals surface area contributed by atoms with E-state index in [4.69, 9.17) is 16.3 Å². The first-order valence-corrected chi connectivity index (χ1v) is 8.13. The molecule has 0 amide bonds. The summed E-state index contributed by atoms with van der Waals surface area (Å²) in [5.41, 5.74) is 1.36. The first kappa shape index (κ1) is 13.0. The summed E-state index contributed by atoms with van der Waals surface area (Å²) in [7, 11) is 0. The third kappa shape index (κ3) is 2.19. The summed E-state index contributed by atoms with van der Waals surface area (Å²) in [6.07, 6.45) is 3.43. The number of aryl methyl sites for hydroxylation is 3. The van der Waals surface area contributed by atoms with E-state index in [9.17, 15) is 0 Å². The summed E-state index contributed by atoms with van der Waals surface area (Å²) in [5.74, 6) is 1.99. The van der Waals surface area contributed by atoms with Crippen molar-refractivity contribution in [3.05, 3.63) is 45.6 Å². The number of thiophene rings is 1. The third-order valence-corrected chi connectivity index (χ3v) is 5.18. The van der Waals surface area contributed by atoms with E-state index in [0.29, 0.717) is 16.7 Å². The van der Waals surface area contributed by atoms with Crippen LogP contribution in [0.1, 0.15) is 22.7 Å². The molecule has 3 nitrogen and oxygen atoms in total. The van der Waals surface area contributed by atoms with Crippen molar-refractivity contribution >= 4 is 33.2 Å².